The number of carboxylic acids is 1. The standard InChI is InChI=1S/C11H13FN2O3/c1-13-10(15)6-14-5-8-4-7(11(16)17)2-3-9(8)12/h2-4,14H,5-6H2,1H3,(H,13,15)(H,16,17). The molecule has 5 nitrogen and oxygen atoms in total. The van der Waals surface area contributed by atoms with Gasteiger partial charge in [-0.25, -0.2) is 9.18 Å². The molecule has 6 heteroatoms. The first-order chi connectivity index (χ1) is 8.04. The third kappa shape index (κ3) is 3.84. The van der Waals surface area contributed by atoms with Crippen LogP contribution in [0.15, 0.2) is 18.2 Å². The molecule has 0 aliphatic heterocycles. The summed E-state index contributed by atoms with van der Waals surface area (Å²) in [5.41, 5.74) is 0.233. The van der Waals surface area contributed by atoms with E-state index in [-0.39, 0.29) is 30.1 Å². The van der Waals surface area contributed by atoms with Crippen LogP contribution in [-0.2, 0) is 11.3 Å². The summed E-state index contributed by atoms with van der Waals surface area (Å²) < 4.78 is 13.3. The van der Waals surface area contributed by atoms with E-state index in [0.717, 1.165) is 6.07 Å². The SMILES string of the molecule is CNC(=O)CNCc1cc(C(=O)O)ccc1F. The van der Waals surface area contributed by atoms with Crippen molar-refractivity contribution in [2.24, 2.45) is 0 Å². The number of benzene rings is 1. The van der Waals surface area contributed by atoms with Gasteiger partial charge in [0.1, 0.15) is 5.82 Å². The molecule has 3 N–H and O–H groups in total. The summed E-state index contributed by atoms with van der Waals surface area (Å²) in [6.45, 7) is 0.146. The summed E-state index contributed by atoms with van der Waals surface area (Å²) in [7, 11) is 1.50. The summed E-state index contributed by atoms with van der Waals surface area (Å²) in [6.07, 6.45) is 0. The van der Waals surface area contributed by atoms with Crippen LogP contribution < -0.4 is 10.6 Å². The number of hydrogen-bond acceptors (Lipinski definition) is 3. The van der Waals surface area contributed by atoms with Gasteiger partial charge in [0.25, 0.3) is 0 Å². The molecule has 0 heterocycles. The highest BCUT2D eigenvalue weighted by Gasteiger charge is 2.08. The van der Waals surface area contributed by atoms with Gasteiger partial charge in [-0.2, -0.15) is 0 Å². The van der Waals surface area contributed by atoms with Gasteiger partial charge in [0, 0.05) is 19.2 Å². The Morgan fingerprint density at radius 2 is 2.12 bits per heavy atom. The monoisotopic (exact) mass is 240 g/mol. The number of likely N-dealkylation sites (N-methyl/N-ethyl adjacent to an activating group) is 1. The Kier molecular flexibility index (Phi) is 4.59. The molecule has 0 unspecified atom stereocenters. The number of nitrogens with one attached hydrogen (secondary N) is 2. The first-order valence-corrected chi connectivity index (χ1v) is 4.97. The zero-order chi connectivity index (χ0) is 12.8. The van der Waals surface area contributed by atoms with Crippen LogP contribution in [0.2, 0.25) is 0 Å². The van der Waals surface area contributed by atoms with E-state index in [9.17, 15) is 14.0 Å². The highest BCUT2D eigenvalue weighted by molar-refractivity contribution is 5.87. The molecule has 1 rings (SSSR count). The van der Waals surface area contributed by atoms with Gasteiger partial charge >= 0.3 is 5.97 Å². The van der Waals surface area contributed by atoms with Gasteiger partial charge in [0.15, 0.2) is 0 Å². The Morgan fingerprint density at radius 1 is 1.41 bits per heavy atom. The fraction of sp³-hybridized carbons (Fsp3) is 0.273. The van der Waals surface area contributed by atoms with E-state index in [1.165, 1.54) is 19.2 Å². The van der Waals surface area contributed by atoms with Crippen LogP contribution in [0.25, 0.3) is 0 Å². The summed E-state index contributed by atoms with van der Waals surface area (Å²) in [5, 5.41) is 13.9. The highest BCUT2D eigenvalue weighted by atomic mass is 19.1. The molecule has 0 spiro atoms. The fourth-order valence-electron chi connectivity index (χ4n) is 1.24. The van der Waals surface area contributed by atoms with Gasteiger partial charge in [-0.3, -0.25) is 4.79 Å². The molecule has 1 aromatic rings. The highest BCUT2D eigenvalue weighted by Crippen LogP contribution is 2.10. The molecule has 0 saturated carbocycles. The third-order valence-electron chi connectivity index (χ3n) is 2.17. The van der Waals surface area contributed by atoms with Gasteiger partial charge in [-0.15, -0.1) is 0 Å². The Hall–Kier alpha value is -1.95. The molecule has 0 bridgehead atoms. The van der Waals surface area contributed by atoms with Crippen LogP contribution in [0.1, 0.15) is 15.9 Å². The summed E-state index contributed by atoms with van der Waals surface area (Å²) in [5.74, 6) is -1.84. The Labute approximate surface area is 97.6 Å². The van der Waals surface area contributed by atoms with Crippen molar-refractivity contribution in [2.45, 2.75) is 6.54 Å². The van der Waals surface area contributed by atoms with Gasteiger partial charge in [-0.1, -0.05) is 0 Å². The lowest BCUT2D eigenvalue weighted by atomic mass is 10.1. The Morgan fingerprint density at radius 3 is 2.71 bits per heavy atom. The first kappa shape index (κ1) is 13.1. The Bertz CT molecular complexity index is 435. The largest absolute Gasteiger partial charge is 0.478 e. The van der Waals surface area contributed by atoms with Crippen LogP contribution in [0.3, 0.4) is 0 Å². The smallest absolute Gasteiger partial charge is 0.335 e. The lowest BCUT2D eigenvalue weighted by molar-refractivity contribution is -0.119. The average molecular weight is 240 g/mol. The molecule has 0 saturated heterocycles. The van der Waals surface area contributed by atoms with Crippen molar-refractivity contribution in [3.05, 3.63) is 35.1 Å². The van der Waals surface area contributed by atoms with Crippen LogP contribution in [0.4, 0.5) is 4.39 Å². The number of carbonyl (C=O) groups excluding carboxylic acids is 1. The minimum Gasteiger partial charge on any atom is -0.478 e. The number of carboxylic acid groups (broad SMARTS) is 1. The molecule has 0 fully saturated rings. The minimum absolute atomic E-state index is 0.0168. The number of rotatable bonds is 5. The average Bonchev–Trinajstić information content (AvgIpc) is 2.30. The summed E-state index contributed by atoms with van der Waals surface area (Å²) >= 11 is 0. The van der Waals surface area contributed by atoms with E-state index in [2.05, 4.69) is 10.6 Å². The number of amides is 1. The van der Waals surface area contributed by atoms with Crippen molar-refractivity contribution >= 4 is 11.9 Å². The maximum absolute atomic E-state index is 13.3. The third-order valence-corrected chi connectivity index (χ3v) is 2.17. The Balaban J connectivity index is 2.66. The van der Waals surface area contributed by atoms with E-state index < -0.39 is 11.8 Å². The van der Waals surface area contributed by atoms with E-state index in [0.29, 0.717) is 0 Å². The predicted octanol–water partition coefficient (Wildman–Crippen LogP) is 0.359. The predicted molar refractivity (Wildman–Crippen MR) is 59.1 cm³/mol. The van der Waals surface area contributed by atoms with Crippen molar-refractivity contribution in [3.8, 4) is 0 Å². The van der Waals surface area contributed by atoms with Crippen molar-refractivity contribution in [1.29, 1.82) is 0 Å². The molecule has 0 atom stereocenters. The second kappa shape index (κ2) is 5.95. The zero-order valence-corrected chi connectivity index (χ0v) is 9.29. The van der Waals surface area contributed by atoms with E-state index in [1.54, 1.807) is 0 Å². The minimum atomic E-state index is -1.11. The second-order valence-corrected chi connectivity index (χ2v) is 3.39. The molecular formula is C11H13FN2O3. The maximum Gasteiger partial charge on any atom is 0.335 e. The number of carbonyl (C=O) groups is 2. The second-order valence-electron chi connectivity index (χ2n) is 3.39. The molecule has 92 valence electrons. The van der Waals surface area contributed by atoms with Crippen LogP contribution in [0, 0.1) is 5.82 Å². The molecule has 0 aliphatic carbocycles. The zero-order valence-electron chi connectivity index (χ0n) is 9.29. The van der Waals surface area contributed by atoms with Crippen LogP contribution in [0.5, 0.6) is 0 Å². The number of hydrogen-bond donors (Lipinski definition) is 3. The quantitative estimate of drug-likeness (QED) is 0.694. The first-order valence-electron chi connectivity index (χ1n) is 4.97. The van der Waals surface area contributed by atoms with Crippen molar-refractivity contribution in [3.63, 3.8) is 0 Å². The maximum atomic E-state index is 13.3. The molecular weight excluding hydrogens is 227 g/mol. The van der Waals surface area contributed by atoms with Crippen LogP contribution in [-0.4, -0.2) is 30.6 Å². The molecule has 1 amide bonds. The molecule has 0 aromatic heterocycles. The number of halogens is 1. The molecule has 1 aromatic carbocycles. The van der Waals surface area contributed by atoms with Gasteiger partial charge in [0.2, 0.25) is 5.91 Å². The lowest BCUT2D eigenvalue weighted by Crippen LogP contribution is -2.31. The molecule has 0 radical (unpaired) electrons. The topological polar surface area (TPSA) is 78.4 Å². The lowest BCUT2D eigenvalue weighted by Gasteiger charge is -2.06. The van der Waals surface area contributed by atoms with Crippen LogP contribution >= 0.6 is 0 Å². The van der Waals surface area contributed by atoms with Crippen molar-refractivity contribution < 1.29 is 19.1 Å². The van der Waals surface area contributed by atoms with E-state index in [4.69, 9.17) is 5.11 Å². The van der Waals surface area contributed by atoms with Gasteiger partial charge in [0.05, 0.1) is 12.1 Å². The summed E-state index contributed by atoms with van der Waals surface area (Å²) in [6, 6.07) is 3.54. The van der Waals surface area contributed by atoms with Gasteiger partial charge < -0.3 is 15.7 Å². The van der Waals surface area contributed by atoms with Gasteiger partial charge in [-0.05, 0) is 18.2 Å². The summed E-state index contributed by atoms with van der Waals surface area (Å²) in [4.78, 5) is 21.6. The molecule has 17 heavy (non-hydrogen) atoms. The number of aromatic carboxylic acids is 1. The van der Waals surface area contributed by atoms with E-state index >= 15 is 0 Å². The normalized spacial score (nSPS) is 10.0. The van der Waals surface area contributed by atoms with Crippen molar-refractivity contribution in [1.82, 2.24) is 10.6 Å². The molecule has 0 aliphatic rings. The fourth-order valence-corrected chi connectivity index (χ4v) is 1.24. The van der Waals surface area contributed by atoms with Crippen molar-refractivity contribution in [2.75, 3.05) is 13.6 Å². The van der Waals surface area contributed by atoms with E-state index in [1.807, 2.05) is 0 Å².